The number of nitrogens with zero attached hydrogens (tertiary/aromatic N) is 1. The van der Waals surface area contributed by atoms with E-state index in [0.29, 0.717) is 30.8 Å². The summed E-state index contributed by atoms with van der Waals surface area (Å²) in [6.07, 6.45) is 2.19. The minimum atomic E-state index is -4.10. The highest BCUT2D eigenvalue weighted by atomic mass is 32.2. The van der Waals surface area contributed by atoms with Crippen LogP contribution in [-0.4, -0.2) is 56.0 Å². The van der Waals surface area contributed by atoms with E-state index in [2.05, 4.69) is 10.0 Å². The molecule has 0 saturated carbocycles. The van der Waals surface area contributed by atoms with Crippen LogP contribution in [0.4, 0.5) is 0 Å². The van der Waals surface area contributed by atoms with Crippen LogP contribution in [0, 0.1) is 0 Å². The number of sulfonamides is 1. The average Bonchev–Trinajstić information content (AvgIpc) is 2.86. The third-order valence-electron chi connectivity index (χ3n) is 5.16. The van der Waals surface area contributed by atoms with Gasteiger partial charge in [0.05, 0.1) is 17.7 Å². The summed E-state index contributed by atoms with van der Waals surface area (Å²) >= 11 is 0. The Labute approximate surface area is 221 Å². The number of pyridine rings is 2. The van der Waals surface area contributed by atoms with Crippen LogP contribution in [0.25, 0.3) is 5.52 Å². The highest BCUT2D eigenvalue weighted by Gasteiger charge is 2.30. The second kappa shape index (κ2) is 12.2. The molecule has 0 fully saturated rings. The van der Waals surface area contributed by atoms with Gasteiger partial charge >= 0.3 is 5.97 Å². The zero-order chi connectivity index (χ0) is 27.9. The van der Waals surface area contributed by atoms with E-state index in [1.807, 2.05) is 0 Å². The summed E-state index contributed by atoms with van der Waals surface area (Å²) in [7, 11) is -4.10. The van der Waals surface area contributed by atoms with E-state index in [1.54, 1.807) is 51.1 Å². The second-order valence-corrected chi connectivity index (χ2v) is 11.2. The number of hydrogen-bond donors (Lipinski definition) is 3. The van der Waals surface area contributed by atoms with Crippen LogP contribution in [-0.2, 0) is 19.6 Å². The van der Waals surface area contributed by atoms with Gasteiger partial charge in [-0.2, -0.15) is 4.72 Å². The number of carbonyl (C=O) groups excluding carboxylic acids is 2. The number of esters is 1. The van der Waals surface area contributed by atoms with E-state index in [1.165, 1.54) is 28.8 Å². The first-order chi connectivity index (χ1) is 17.9. The lowest BCUT2D eigenvalue weighted by atomic mass is 10.2. The molecule has 0 aliphatic rings. The van der Waals surface area contributed by atoms with E-state index >= 15 is 0 Å². The Kier molecular flexibility index (Phi) is 9.26. The highest BCUT2D eigenvalue weighted by molar-refractivity contribution is 7.89. The zero-order valence-electron chi connectivity index (χ0n) is 21.5. The van der Waals surface area contributed by atoms with Gasteiger partial charge < -0.3 is 20.5 Å². The Morgan fingerprint density at radius 1 is 1.08 bits per heavy atom. The molecule has 4 N–H and O–H groups in total. The zero-order valence-corrected chi connectivity index (χ0v) is 22.3. The van der Waals surface area contributed by atoms with E-state index in [9.17, 15) is 22.8 Å². The first-order valence-corrected chi connectivity index (χ1v) is 13.5. The standard InChI is InChI=1S/C26H32N4O7S/c1-26(2,3)37-25(33)22(29-38(34,35)21-8-5-4-6-9-21)16-28-24(32)18-14-19-10-11-20(36-13-7-12-27)17-30(19)23(31)15-18/h4-6,8-11,14-15,17,22,29H,7,12-13,16,27H2,1-3H3,(H,28,32). The quantitative estimate of drug-likeness (QED) is 0.242. The number of amides is 1. The molecule has 38 heavy (non-hydrogen) atoms. The highest BCUT2D eigenvalue weighted by Crippen LogP contribution is 2.14. The van der Waals surface area contributed by atoms with E-state index in [4.69, 9.17) is 15.2 Å². The molecule has 0 bridgehead atoms. The Morgan fingerprint density at radius 3 is 2.45 bits per heavy atom. The summed E-state index contributed by atoms with van der Waals surface area (Å²) < 4.78 is 40.2. The summed E-state index contributed by atoms with van der Waals surface area (Å²) in [4.78, 5) is 38.3. The number of benzene rings is 1. The lowest BCUT2D eigenvalue weighted by molar-refractivity contribution is -0.156. The largest absolute Gasteiger partial charge is 0.492 e. The summed E-state index contributed by atoms with van der Waals surface area (Å²) in [6.45, 7) is 5.40. The fourth-order valence-electron chi connectivity index (χ4n) is 3.39. The first kappa shape index (κ1) is 28.8. The van der Waals surface area contributed by atoms with Gasteiger partial charge in [-0.3, -0.25) is 18.8 Å². The van der Waals surface area contributed by atoms with Crippen LogP contribution >= 0.6 is 0 Å². The van der Waals surface area contributed by atoms with Gasteiger partial charge in [-0.25, -0.2) is 8.42 Å². The van der Waals surface area contributed by atoms with Crippen molar-refractivity contribution in [1.82, 2.24) is 14.4 Å². The predicted molar refractivity (Wildman–Crippen MR) is 142 cm³/mol. The molecular weight excluding hydrogens is 512 g/mol. The maximum Gasteiger partial charge on any atom is 0.326 e. The van der Waals surface area contributed by atoms with Crippen molar-refractivity contribution < 1.29 is 27.5 Å². The Bertz CT molecular complexity index is 1450. The lowest BCUT2D eigenvalue weighted by Gasteiger charge is -2.24. The van der Waals surface area contributed by atoms with Crippen molar-refractivity contribution >= 4 is 27.4 Å². The van der Waals surface area contributed by atoms with Gasteiger partial charge in [-0.05, 0) is 64.1 Å². The topological polar surface area (TPSA) is 158 Å². The van der Waals surface area contributed by atoms with Gasteiger partial charge in [-0.1, -0.05) is 18.2 Å². The van der Waals surface area contributed by atoms with Crippen LogP contribution in [0.2, 0.25) is 0 Å². The number of aromatic nitrogens is 1. The molecule has 3 aromatic rings. The van der Waals surface area contributed by atoms with E-state index in [-0.39, 0.29) is 10.5 Å². The van der Waals surface area contributed by atoms with Crippen molar-refractivity contribution in [3.05, 3.63) is 76.7 Å². The van der Waals surface area contributed by atoms with Gasteiger partial charge in [0.1, 0.15) is 17.4 Å². The van der Waals surface area contributed by atoms with Crippen LogP contribution in [0.1, 0.15) is 37.6 Å². The summed E-state index contributed by atoms with van der Waals surface area (Å²) in [5, 5.41) is 2.53. The molecule has 0 spiro atoms. The lowest BCUT2D eigenvalue weighted by Crippen LogP contribution is -2.50. The summed E-state index contributed by atoms with van der Waals surface area (Å²) in [5.41, 5.74) is 4.59. The second-order valence-electron chi connectivity index (χ2n) is 9.46. The molecule has 3 rings (SSSR count). The van der Waals surface area contributed by atoms with Crippen molar-refractivity contribution in [1.29, 1.82) is 0 Å². The maximum absolute atomic E-state index is 12.9. The van der Waals surface area contributed by atoms with Crippen LogP contribution < -0.4 is 26.1 Å². The van der Waals surface area contributed by atoms with Crippen LogP contribution in [0.3, 0.4) is 0 Å². The molecule has 1 atom stereocenters. The molecule has 0 aliphatic heterocycles. The van der Waals surface area contributed by atoms with Crippen molar-refractivity contribution in [3.63, 3.8) is 0 Å². The molecule has 1 unspecified atom stereocenters. The predicted octanol–water partition coefficient (Wildman–Crippen LogP) is 1.45. The number of nitrogens with two attached hydrogens (primary N) is 1. The minimum absolute atomic E-state index is 0.0423. The molecule has 1 aromatic carbocycles. The van der Waals surface area contributed by atoms with Crippen molar-refractivity contribution in [3.8, 4) is 5.75 Å². The number of carbonyl (C=O) groups is 2. The fourth-order valence-corrected chi connectivity index (χ4v) is 4.60. The monoisotopic (exact) mass is 544 g/mol. The Morgan fingerprint density at radius 2 is 1.79 bits per heavy atom. The maximum atomic E-state index is 12.9. The molecule has 0 saturated heterocycles. The molecule has 11 nitrogen and oxygen atoms in total. The van der Waals surface area contributed by atoms with Crippen molar-refractivity contribution in [2.75, 3.05) is 19.7 Å². The normalized spacial score (nSPS) is 12.6. The molecule has 2 heterocycles. The number of fused-ring (bicyclic) bond motifs is 1. The average molecular weight is 545 g/mol. The van der Waals surface area contributed by atoms with Crippen molar-refractivity contribution in [2.24, 2.45) is 5.73 Å². The van der Waals surface area contributed by atoms with Gasteiger partial charge in [0.2, 0.25) is 10.0 Å². The van der Waals surface area contributed by atoms with Gasteiger partial charge in [-0.15, -0.1) is 0 Å². The number of hydrogen-bond acceptors (Lipinski definition) is 8. The Hall–Kier alpha value is -3.74. The molecule has 1 amide bonds. The summed E-state index contributed by atoms with van der Waals surface area (Å²) in [6, 6.07) is 12.0. The molecular formula is C26H32N4O7S. The van der Waals surface area contributed by atoms with Crippen molar-refractivity contribution in [2.45, 2.75) is 43.7 Å². The smallest absolute Gasteiger partial charge is 0.326 e. The minimum Gasteiger partial charge on any atom is -0.492 e. The van der Waals surface area contributed by atoms with Gasteiger partial charge in [0.15, 0.2) is 0 Å². The fraction of sp³-hybridized carbons (Fsp3) is 0.346. The molecule has 204 valence electrons. The number of ether oxygens (including phenoxy) is 2. The first-order valence-electron chi connectivity index (χ1n) is 12.0. The number of rotatable bonds is 11. The van der Waals surface area contributed by atoms with Gasteiger partial charge in [0.25, 0.3) is 11.5 Å². The van der Waals surface area contributed by atoms with E-state index < -0.39 is 45.6 Å². The van der Waals surface area contributed by atoms with Gasteiger partial charge in [0, 0.05) is 23.7 Å². The third-order valence-corrected chi connectivity index (χ3v) is 6.65. The molecule has 2 aromatic heterocycles. The number of nitrogens with one attached hydrogen (secondary N) is 2. The Balaban J connectivity index is 1.79. The molecule has 12 heteroatoms. The summed E-state index contributed by atoms with van der Waals surface area (Å²) in [5.74, 6) is -1.05. The molecule has 0 radical (unpaired) electrons. The molecule has 0 aliphatic carbocycles. The van der Waals surface area contributed by atoms with Crippen LogP contribution in [0.15, 0.2) is 70.5 Å². The third kappa shape index (κ3) is 7.88. The van der Waals surface area contributed by atoms with Crippen LogP contribution in [0.5, 0.6) is 5.75 Å². The van der Waals surface area contributed by atoms with E-state index in [0.717, 1.165) is 6.07 Å². The SMILES string of the molecule is CC(C)(C)OC(=O)C(CNC(=O)c1cc(=O)n2cc(OCCCN)ccc2c1)NS(=O)(=O)c1ccccc1.